The van der Waals surface area contributed by atoms with E-state index in [-0.39, 0.29) is 10.1 Å². The van der Waals surface area contributed by atoms with Crippen LogP contribution >= 0.6 is 12.6 Å². The fourth-order valence-corrected chi connectivity index (χ4v) is 3.38. The molecule has 0 bridgehead atoms. The highest BCUT2D eigenvalue weighted by molar-refractivity contribution is 7.85. The van der Waals surface area contributed by atoms with Gasteiger partial charge < -0.3 is 0 Å². The van der Waals surface area contributed by atoms with Gasteiger partial charge in [-0.15, -0.1) is 0 Å². The molecule has 0 amide bonds. The van der Waals surface area contributed by atoms with Gasteiger partial charge in [0.25, 0.3) is 10.1 Å². The molecule has 3 aromatic carbocycles. The van der Waals surface area contributed by atoms with Crippen LogP contribution in [0.1, 0.15) is 21.9 Å². The second kappa shape index (κ2) is 8.85. The number of hydrogen-bond donors (Lipinski definition) is 2. The van der Waals surface area contributed by atoms with Crippen LogP contribution in [0.3, 0.4) is 0 Å². The normalized spacial score (nSPS) is 10.9. The molecule has 0 heterocycles. The molecule has 3 aromatic rings. The van der Waals surface area contributed by atoms with Crippen molar-refractivity contribution in [3.05, 3.63) is 102 Å². The summed E-state index contributed by atoms with van der Waals surface area (Å²) in [5, 5.41) is 0.178. The van der Waals surface area contributed by atoms with Gasteiger partial charge in [-0.05, 0) is 29.7 Å². The van der Waals surface area contributed by atoms with Crippen LogP contribution < -0.4 is 0 Å². The van der Waals surface area contributed by atoms with Crippen molar-refractivity contribution in [3.8, 4) is 0 Å². The van der Waals surface area contributed by atoms with Gasteiger partial charge in [-0.25, -0.2) is 0 Å². The molecule has 0 fully saturated rings. The highest BCUT2D eigenvalue weighted by Crippen LogP contribution is 2.27. The lowest BCUT2D eigenvalue weighted by Crippen LogP contribution is -1.99. The minimum absolute atomic E-state index is 0.0278. The largest absolute Gasteiger partial charge is 0.294 e. The number of aryl methyl sites for hydroxylation is 1. The molecule has 130 valence electrons. The molecule has 0 saturated heterocycles. The van der Waals surface area contributed by atoms with Crippen LogP contribution in [0.4, 0.5) is 0 Å². The van der Waals surface area contributed by atoms with Gasteiger partial charge in [-0.2, -0.15) is 21.0 Å². The first-order chi connectivity index (χ1) is 11.9. The average molecular weight is 373 g/mol. The maximum absolute atomic E-state index is 10.6. The Morgan fingerprint density at radius 1 is 0.760 bits per heavy atom. The Morgan fingerprint density at radius 2 is 1.16 bits per heavy atom. The summed E-state index contributed by atoms with van der Waals surface area (Å²) in [5.74, 6) is 0. The first-order valence-electron chi connectivity index (χ1n) is 7.70. The molecule has 25 heavy (non-hydrogen) atoms. The second-order valence-corrected chi connectivity index (χ2v) is 7.37. The van der Waals surface area contributed by atoms with Gasteiger partial charge >= 0.3 is 0 Å². The van der Waals surface area contributed by atoms with E-state index in [0.717, 1.165) is 0 Å². The zero-order chi connectivity index (χ0) is 18.3. The molecule has 0 aliphatic carbocycles. The Labute approximate surface area is 154 Å². The number of thiol groups is 1. The fraction of sp³-hybridized carbons (Fsp3) is 0.100. The summed E-state index contributed by atoms with van der Waals surface area (Å²) in [5.41, 5.74) is 3.03. The highest BCUT2D eigenvalue weighted by Gasteiger charge is 2.10. The molecule has 0 saturated carbocycles. The third-order valence-electron chi connectivity index (χ3n) is 3.60. The Kier molecular flexibility index (Phi) is 6.82. The molecule has 0 atom stereocenters. The van der Waals surface area contributed by atoms with Crippen molar-refractivity contribution in [2.75, 3.05) is 0 Å². The molecule has 0 radical (unpaired) electrons. The van der Waals surface area contributed by atoms with E-state index in [4.69, 9.17) is 4.55 Å². The number of hydrogen-bond acceptors (Lipinski definition) is 3. The van der Waals surface area contributed by atoms with Crippen LogP contribution in [-0.4, -0.2) is 13.0 Å². The molecule has 3 rings (SSSR count). The van der Waals surface area contributed by atoms with Gasteiger partial charge in [-0.1, -0.05) is 78.9 Å². The number of rotatable bonds is 3. The first-order valence-corrected chi connectivity index (χ1v) is 9.66. The molecule has 0 spiro atoms. The Hall–Kier alpha value is -2.08. The molecule has 0 aromatic heterocycles. The minimum Gasteiger partial charge on any atom is -0.282 e. The lowest BCUT2D eigenvalue weighted by atomic mass is 10.0. The summed E-state index contributed by atoms with van der Waals surface area (Å²) in [4.78, 5) is -0.0278. The average Bonchev–Trinajstić information content (AvgIpc) is 2.62. The Bertz CT molecular complexity index is 853. The van der Waals surface area contributed by atoms with Crippen LogP contribution in [0.25, 0.3) is 0 Å². The van der Waals surface area contributed by atoms with Gasteiger partial charge in [0.2, 0.25) is 0 Å². The summed E-state index contributed by atoms with van der Waals surface area (Å²) in [6, 6.07) is 26.9. The van der Waals surface area contributed by atoms with Gasteiger partial charge in [-0.3, -0.25) is 4.55 Å². The summed E-state index contributed by atoms with van der Waals surface area (Å²) in [6.07, 6.45) is 0. The molecule has 0 aliphatic rings. The van der Waals surface area contributed by atoms with Crippen LogP contribution in [-0.2, 0) is 10.1 Å². The first kappa shape index (κ1) is 19.2. The monoisotopic (exact) mass is 372 g/mol. The van der Waals surface area contributed by atoms with E-state index in [0.29, 0.717) is 5.56 Å². The van der Waals surface area contributed by atoms with Crippen molar-refractivity contribution < 1.29 is 13.0 Å². The summed E-state index contributed by atoms with van der Waals surface area (Å²) in [6.45, 7) is 1.63. The third kappa shape index (κ3) is 5.74. The minimum atomic E-state index is -4.03. The summed E-state index contributed by atoms with van der Waals surface area (Å²) >= 11 is 4.61. The predicted molar refractivity (Wildman–Crippen MR) is 105 cm³/mol. The molecule has 3 nitrogen and oxygen atoms in total. The standard InChI is InChI=1S/C13H12S.C7H8O3S/c14-13(11-7-3-1-4-8-11)12-9-5-2-6-10-12;1-6-4-2-3-5-7(6)11(8,9)10/h1-10,13-14H;2-5H,1H3,(H,8,9,10). The summed E-state index contributed by atoms with van der Waals surface area (Å²) in [7, 11) is -4.03. The topological polar surface area (TPSA) is 54.4 Å². The molecule has 0 unspecified atom stereocenters. The van der Waals surface area contributed by atoms with Crippen LogP contribution in [0.5, 0.6) is 0 Å². The molecule has 1 N–H and O–H groups in total. The van der Waals surface area contributed by atoms with E-state index < -0.39 is 10.1 Å². The van der Waals surface area contributed by atoms with Crippen molar-refractivity contribution in [2.24, 2.45) is 0 Å². The molecule has 5 heteroatoms. The van der Waals surface area contributed by atoms with E-state index in [9.17, 15) is 8.42 Å². The molecular formula is C20H20O3S2. The van der Waals surface area contributed by atoms with Gasteiger partial charge in [0.05, 0.1) is 10.1 Å². The van der Waals surface area contributed by atoms with Crippen molar-refractivity contribution in [2.45, 2.75) is 17.1 Å². The van der Waals surface area contributed by atoms with Crippen molar-refractivity contribution in [1.82, 2.24) is 0 Å². The SMILES string of the molecule is Cc1ccccc1S(=O)(=O)O.SC(c1ccccc1)c1ccccc1. The Morgan fingerprint density at radius 3 is 1.52 bits per heavy atom. The van der Waals surface area contributed by atoms with E-state index in [2.05, 4.69) is 36.9 Å². The predicted octanol–water partition coefficient (Wildman–Crippen LogP) is 4.95. The van der Waals surface area contributed by atoms with Crippen molar-refractivity contribution in [3.63, 3.8) is 0 Å². The summed E-state index contributed by atoms with van der Waals surface area (Å²) < 4.78 is 29.9. The van der Waals surface area contributed by atoms with E-state index in [1.54, 1.807) is 25.1 Å². The lowest BCUT2D eigenvalue weighted by Gasteiger charge is -2.10. The van der Waals surface area contributed by atoms with Crippen molar-refractivity contribution in [1.29, 1.82) is 0 Å². The van der Waals surface area contributed by atoms with Gasteiger partial charge in [0.15, 0.2) is 0 Å². The fourth-order valence-electron chi connectivity index (χ4n) is 2.31. The van der Waals surface area contributed by atoms with E-state index in [1.807, 2.05) is 36.4 Å². The zero-order valence-electron chi connectivity index (χ0n) is 13.8. The molecular weight excluding hydrogens is 352 g/mol. The van der Waals surface area contributed by atoms with Crippen LogP contribution in [0.15, 0.2) is 89.8 Å². The van der Waals surface area contributed by atoms with E-state index in [1.165, 1.54) is 17.2 Å². The second-order valence-electron chi connectivity index (χ2n) is 5.46. The van der Waals surface area contributed by atoms with Gasteiger partial charge in [0, 0.05) is 0 Å². The zero-order valence-corrected chi connectivity index (χ0v) is 15.5. The highest BCUT2D eigenvalue weighted by atomic mass is 32.2. The van der Waals surface area contributed by atoms with Crippen molar-refractivity contribution >= 4 is 22.7 Å². The quantitative estimate of drug-likeness (QED) is 0.505. The maximum Gasteiger partial charge on any atom is 0.294 e. The molecule has 0 aliphatic heterocycles. The van der Waals surface area contributed by atoms with E-state index >= 15 is 0 Å². The van der Waals surface area contributed by atoms with Gasteiger partial charge in [0.1, 0.15) is 0 Å². The third-order valence-corrected chi connectivity index (χ3v) is 5.21. The maximum atomic E-state index is 10.6. The lowest BCUT2D eigenvalue weighted by molar-refractivity contribution is 0.482. The van der Waals surface area contributed by atoms with Crippen LogP contribution in [0, 0.1) is 6.92 Å². The number of benzene rings is 3. The smallest absolute Gasteiger partial charge is 0.282 e. The Balaban J connectivity index is 0.000000186. The van der Waals surface area contributed by atoms with Crippen LogP contribution in [0.2, 0.25) is 0 Å².